The van der Waals surface area contributed by atoms with E-state index in [1.54, 1.807) is 33.4 Å². The molecule has 0 aliphatic heterocycles. The number of benzene rings is 2. The Kier molecular flexibility index (Phi) is 6.93. The molecule has 6 heteroatoms. The lowest BCUT2D eigenvalue weighted by molar-refractivity contribution is 0.584. The van der Waals surface area contributed by atoms with Gasteiger partial charge >= 0.3 is 0 Å². The van der Waals surface area contributed by atoms with Gasteiger partial charge in [0.15, 0.2) is 0 Å². The summed E-state index contributed by atoms with van der Waals surface area (Å²) >= 11 is 0. The molecule has 0 radical (unpaired) electrons. The van der Waals surface area contributed by atoms with E-state index in [1.807, 2.05) is 32.0 Å². The number of hydrogen-bond acceptors (Lipinski definition) is 4. The lowest BCUT2D eigenvalue weighted by atomic mass is 9.97. The van der Waals surface area contributed by atoms with Gasteiger partial charge in [0.25, 0.3) is 0 Å². The number of rotatable bonds is 6. The Labute approximate surface area is 164 Å². The first-order chi connectivity index (χ1) is 13.3. The van der Waals surface area contributed by atoms with Gasteiger partial charge in [-0.05, 0) is 50.1 Å². The largest absolute Gasteiger partial charge is 0.398 e. The summed E-state index contributed by atoms with van der Waals surface area (Å²) in [4.78, 5) is 4.02. The van der Waals surface area contributed by atoms with Crippen molar-refractivity contribution in [3.05, 3.63) is 76.1 Å². The van der Waals surface area contributed by atoms with Crippen LogP contribution in [0.4, 0.5) is 20.2 Å². The standard InChI is InChI=1S/C22H26F2N4/c1-13-6-7-20(28-22-14(2)9-16(23)10-19(22)24)17(8-13)18(12-27-5)21(25)15(3)11-26-4/h6-12,27-28H,25H2,1-5H3/b18-12-,21-15?,26-11?. The molecule has 2 rings (SSSR count). The van der Waals surface area contributed by atoms with Gasteiger partial charge in [-0.25, -0.2) is 8.78 Å². The molecular weight excluding hydrogens is 358 g/mol. The third kappa shape index (κ3) is 4.76. The van der Waals surface area contributed by atoms with Crippen LogP contribution < -0.4 is 16.4 Å². The molecule has 4 N–H and O–H groups in total. The molecule has 0 atom stereocenters. The van der Waals surface area contributed by atoms with Gasteiger partial charge in [0.1, 0.15) is 11.6 Å². The Morgan fingerprint density at radius 1 is 1.14 bits per heavy atom. The highest BCUT2D eigenvalue weighted by Gasteiger charge is 2.15. The van der Waals surface area contributed by atoms with E-state index in [-0.39, 0.29) is 5.69 Å². The number of aliphatic imine (C=N–C) groups is 1. The first kappa shape index (κ1) is 21.2. The molecule has 28 heavy (non-hydrogen) atoms. The Morgan fingerprint density at radius 2 is 1.86 bits per heavy atom. The van der Waals surface area contributed by atoms with Gasteiger partial charge in [-0.1, -0.05) is 11.6 Å². The summed E-state index contributed by atoms with van der Waals surface area (Å²) in [5.74, 6) is -1.26. The van der Waals surface area contributed by atoms with Gasteiger partial charge in [0, 0.05) is 55.1 Å². The van der Waals surface area contributed by atoms with Crippen molar-refractivity contribution >= 4 is 23.2 Å². The van der Waals surface area contributed by atoms with E-state index >= 15 is 0 Å². The SMILES string of the molecule is CN=CC(C)=C(N)/C(=C\NC)c1cc(C)ccc1Nc1c(C)cc(F)cc1F. The molecule has 0 heterocycles. The minimum Gasteiger partial charge on any atom is -0.398 e. The second-order valence-corrected chi connectivity index (χ2v) is 6.58. The molecular formula is C22H26F2N4. The van der Waals surface area contributed by atoms with Crippen LogP contribution in [0.5, 0.6) is 0 Å². The Morgan fingerprint density at radius 3 is 2.46 bits per heavy atom. The highest BCUT2D eigenvalue weighted by Crippen LogP contribution is 2.33. The molecule has 0 spiro atoms. The smallest absolute Gasteiger partial charge is 0.149 e. The van der Waals surface area contributed by atoms with E-state index in [1.165, 1.54) is 6.07 Å². The zero-order valence-corrected chi connectivity index (χ0v) is 16.8. The molecule has 0 unspecified atom stereocenters. The van der Waals surface area contributed by atoms with Gasteiger partial charge < -0.3 is 16.4 Å². The monoisotopic (exact) mass is 384 g/mol. The number of nitrogens with two attached hydrogens (primary N) is 1. The summed E-state index contributed by atoms with van der Waals surface area (Å²) in [5, 5.41) is 6.12. The summed E-state index contributed by atoms with van der Waals surface area (Å²) in [6.45, 7) is 5.50. The normalized spacial score (nSPS) is 12.9. The fourth-order valence-electron chi connectivity index (χ4n) is 2.91. The third-order valence-electron chi connectivity index (χ3n) is 4.30. The summed E-state index contributed by atoms with van der Waals surface area (Å²) < 4.78 is 27.8. The van der Waals surface area contributed by atoms with E-state index in [0.717, 1.165) is 28.3 Å². The number of halogens is 2. The zero-order valence-electron chi connectivity index (χ0n) is 16.8. The number of aryl methyl sites for hydroxylation is 2. The van der Waals surface area contributed by atoms with Crippen LogP contribution >= 0.6 is 0 Å². The van der Waals surface area contributed by atoms with Crippen molar-refractivity contribution < 1.29 is 8.78 Å². The number of anilines is 2. The van der Waals surface area contributed by atoms with Gasteiger partial charge in [-0.3, -0.25) is 4.99 Å². The van der Waals surface area contributed by atoms with E-state index in [2.05, 4.69) is 15.6 Å². The topological polar surface area (TPSA) is 62.4 Å². The maximum Gasteiger partial charge on any atom is 0.149 e. The summed E-state index contributed by atoms with van der Waals surface area (Å²) in [6.07, 6.45) is 3.47. The second-order valence-electron chi connectivity index (χ2n) is 6.58. The predicted octanol–water partition coefficient (Wildman–Crippen LogP) is 4.82. The van der Waals surface area contributed by atoms with Crippen LogP contribution in [0.15, 0.2) is 52.8 Å². The van der Waals surface area contributed by atoms with Crippen LogP contribution in [0.2, 0.25) is 0 Å². The number of hydrogen-bond donors (Lipinski definition) is 3. The lowest BCUT2D eigenvalue weighted by Crippen LogP contribution is -2.10. The number of allylic oxidation sites excluding steroid dienone is 2. The van der Waals surface area contributed by atoms with Crippen molar-refractivity contribution in [3.8, 4) is 0 Å². The van der Waals surface area contributed by atoms with Crippen molar-refractivity contribution in [2.24, 2.45) is 10.7 Å². The quantitative estimate of drug-likeness (QED) is 0.494. The first-order valence-corrected chi connectivity index (χ1v) is 8.88. The molecule has 0 aliphatic rings. The van der Waals surface area contributed by atoms with E-state index in [0.29, 0.717) is 16.9 Å². The van der Waals surface area contributed by atoms with Crippen LogP contribution in [0.3, 0.4) is 0 Å². The van der Waals surface area contributed by atoms with Crippen molar-refractivity contribution in [2.45, 2.75) is 20.8 Å². The first-order valence-electron chi connectivity index (χ1n) is 8.88. The molecule has 4 nitrogen and oxygen atoms in total. The zero-order chi connectivity index (χ0) is 20.8. The number of nitrogens with one attached hydrogen (secondary N) is 2. The molecule has 0 fully saturated rings. The fourth-order valence-corrected chi connectivity index (χ4v) is 2.91. The average Bonchev–Trinajstić information content (AvgIpc) is 2.63. The number of nitrogens with zero attached hydrogens (tertiary/aromatic N) is 1. The molecule has 0 aromatic heterocycles. The van der Waals surface area contributed by atoms with Crippen LogP contribution in [0.25, 0.3) is 5.57 Å². The lowest BCUT2D eigenvalue weighted by Gasteiger charge is -2.19. The third-order valence-corrected chi connectivity index (χ3v) is 4.30. The van der Waals surface area contributed by atoms with Gasteiger partial charge in [0.05, 0.1) is 5.69 Å². The fraction of sp³-hybridized carbons (Fsp3) is 0.227. The van der Waals surface area contributed by atoms with Gasteiger partial charge in [0.2, 0.25) is 0 Å². The molecule has 2 aromatic carbocycles. The molecule has 0 saturated carbocycles. The van der Waals surface area contributed by atoms with E-state index < -0.39 is 11.6 Å². The molecule has 2 aromatic rings. The van der Waals surface area contributed by atoms with Crippen LogP contribution in [-0.4, -0.2) is 20.3 Å². The van der Waals surface area contributed by atoms with Crippen LogP contribution in [0, 0.1) is 25.5 Å². The van der Waals surface area contributed by atoms with Crippen LogP contribution in [0.1, 0.15) is 23.6 Å². The Balaban J connectivity index is 2.64. The molecule has 0 saturated heterocycles. The maximum absolute atomic E-state index is 14.4. The molecule has 148 valence electrons. The molecule has 0 bridgehead atoms. The maximum atomic E-state index is 14.4. The Bertz CT molecular complexity index is 936. The molecule has 0 aliphatic carbocycles. The van der Waals surface area contributed by atoms with E-state index in [4.69, 9.17) is 5.73 Å². The summed E-state index contributed by atoms with van der Waals surface area (Å²) in [7, 11) is 3.46. The minimum atomic E-state index is -0.652. The highest BCUT2D eigenvalue weighted by molar-refractivity contribution is 5.92. The highest BCUT2D eigenvalue weighted by atomic mass is 19.1. The minimum absolute atomic E-state index is 0.227. The van der Waals surface area contributed by atoms with Gasteiger partial charge in [-0.2, -0.15) is 0 Å². The summed E-state index contributed by atoms with van der Waals surface area (Å²) in [6, 6.07) is 7.89. The van der Waals surface area contributed by atoms with Crippen molar-refractivity contribution in [1.82, 2.24) is 5.32 Å². The Hall–Kier alpha value is -3.15. The summed E-state index contributed by atoms with van der Waals surface area (Å²) in [5.41, 5.74) is 11.6. The average molecular weight is 384 g/mol. The van der Waals surface area contributed by atoms with Crippen molar-refractivity contribution in [1.29, 1.82) is 0 Å². The van der Waals surface area contributed by atoms with Crippen molar-refractivity contribution in [3.63, 3.8) is 0 Å². The second kappa shape index (κ2) is 9.17. The van der Waals surface area contributed by atoms with Crippen molar-refractivity contribution in [2.75, 3.05) is 19.4 Å². The van der Waals surface area contributed by atoms with E-state index in [9.17, 15) is 8.78 Å². The predicted molar refractivity (Wildman–Crippen MR) is 114 cm³/mol. The van der Waals surface area contributed by atoms with Crippen LogP contribution in [-0.2, 0) is 0 Å². The molecule has 0 amide bonds. The van der Waals surface area contributed by atoms with Gasteiger partial charge in [-0.15, -0.1) is 0 Å².